The first-order valence-corrected chi connectivity index (χ1v) is 7.39. The Kier molecular flexibility index (Phi) is 3.96. The van der Waals surface area contributed by atoms with Gasteiger partial charge in [-0.05, 0) is 13.0 Å². The smallest absolute Gasteiger partial charge is 0.325 e. The van der Waals surface area contributed by atoms with Gasteiger partial charge in [-0.2, -0.15) is 5.10 Å². The van der Waals surface area contributed by atoms with Crippen molar-refractivity contribution in [2.75, 3.05) is 13.1 Å². The molecule has 8 heteroatoms. The molecule has 1 aromatic heterocycles. The third-order valence-corrected chi connectivity index (χ3v) is 3.73. The molecule has 0 saturated carbocycles. The van der Waals surface area contributed by atoms with Gasteiger partial charge in [-0.25, -0.2) is 4.79 Å². The number of aryl methyl sites for hydroxylation is 1. The minimum Gasteiger partial charge on any atom is -0.349 e. The number of para-hydroxylation sites is 1. The van der Waals surface area contributed by atoms with E-state index in [0.29, 0.717) is 0 Å². The highest BCUT2D eigenvalue weighted by molar-refractivity contribution is 6.04. The summed E-state index contributed by atoms with van der Waals surface area (Å²) in [4.78, 5) is 35.7. The second-order valence-electron chi connectivity index (χ2n) is 5.19. The number of hydrogen-bond acceptors (Lipinski definition) is 4. The Morgan fingerprint density at radius 2 is 2.13 bits per heavy atom. The van der Waals surface area contributed by atoms with Crippen molar-refractivity contribution in [1.82, 2.24) is 25.3 Å². The summed E-state index contributed by atoms with van der Waals surface area (Å²) in [6.07, 6.45) is 0. The minimum atomic E-state index is -0.536. The average Bonchev–Trinajstić information content (AvgIpc) is 3.08. The standard InChI is InChI=1S/C15H17N5O3/c1-2-20-12-6-4-3-5-10(12)11(18-20)7-16-13(21)9-19-14(22)8-17-15(19)23/h3-6H,2,7-9H2,1H3,(H,16,21)(H,17,23). The fraction of sp³-hybridized carbons (Fsp3) is 0.333. The van der Waals surface area contributed by atoms with Gasteiger partial charge in [0.25, 0.3) is 5.91 Å². The topological polar surface area (TPSA) is 96.3 Å². The van der Waals surface area contributed by atoms with Crippen LogP contribution in [0.5, 0.6) is 0 Å². The van der Waals surface area contributed by atoms with Crippen LogP contribution in [-0.2, 0) is 22.7 Å². The second-order valence-corrected chi connectivity index (χ2v) is 5.19. The fourth-order valence-electron chi connectivity index (χ4n) is 2.56. The highest BCUT2D eigenvalue weighted by Crippen LogP contribution is 2.18. The molecule has 0 radical (unpaired) electrons. The quantitative estimate of drug-likeness (QED) is 0.772. The van der Waals surface area contributed by atoms with E-state index in [4.69, 9.17) is 0 Å². The Bertz CT molecular complexity index is 767. The molecule has 1 aliphatic heterocycles. The number of amides is 4. The molecule has 4 amide bonds. The van der Waals surface area contributed by atoms with Crippen LogP contribution in [-0.4, -0.2) is 45.6 Å². The first-order chi connectivity index (χ1) is 11.1. The number of nitrogens with one attached hydrogen (secondary N) is 2. The number of rotatable bonds is 5. The van der Waals surface area contributed by atoms with Crippen molar-refractivity contribution in [3.63, 3.8) is 0 Å². The predicted octanol–water partition coefficient (Wildman–Crippen LogP) is 0.224. The lowest BCUT2D eigenvalue weighted by Gasteiger charge is -2.11. The van der Waals surface area contributed by atoms with Gasteiger partial charge in [-0.15, -0.1) is 0 Å². The third-order valence-electron chi connectivity index (χ3n) is 3.73. The number of urea groups is 1. The number of carbonyl (C=O) groups excluding carboxylic acids is 3. The zero-order valence-electron chi connectivity index (χ0n) is 12.7. The molecule has 1 aromatic carbocycles. The molecule has 23 heavy (non-hydrogen) atoms. The number of fused-ring (bicyclic) bond motifs is 1. The molecule has 1 aliphatic rings. The summed E-state index contributed by atoms with van der Waals surface area (Å²) in [7, 11) is 0. The van der Waals surface area contributed by atoms with E-state index in [9.17, 15) is 14.4 Å². The Balaban J connectivity index is 1.67. The van der Waals surface area contributed by atoms with E-state index < -0.39 is 17.8 Å². The van der Waals surface area contributed by atoms with Crippen LogP contribution in [0.3, 0.4) is 0 Å². The maximum Gasteiger partial charge on any atom is 0.325 e. The number of carbonyl (C=O) groups is 3. The van der Waals surface area contributed by atoms with Gasteiger partial charge in [0.05, 0.1) is 24.3 Å². The number of imide groups is 1. The zero-order chi connectivity index (χ0) is 16.4. The first kappa shape index (κ1) is 15.0. The van der Waals surface area contributed by atoms with Crippen LogP contribution < -0.4 is 10.6 Å². The molecule has 2 heterocycles. The maximum absolute atomic E-state index is 12.0. The normalized spacial score (nSPS) is 14.4. The van der Waals surface area contributed by atoms with Crippen molar-refractivity contribution in [3.05, 3.63) is 30.0 Å². The Morgan fingerprint density at radius 1 is 1.35 bits per heavy atom. The van der Waals surface area contributed by atoms with Gasteiger partial charge < -0.3 is 10.6 Å². The van der Waals surface area contributed by atoms with Crippen molar-refractivity contribution in [1.29, 1.82) is 0 Å². The van der Waals surface area contributed by atoms with Gasteiger partial charge in [-0.3, -0.25) is 19.2 Å². The lowest BCUT2D eigenvalue weighted by atomic mass is 10.2. The summed E-state index contributed by atoms with van der Waals surface area (Å²) in [5.74, 6) is -0.795. The molecular formula is C15H17N5O3. The van der Waals surface area contributed by atoms with Crippen LogP contribution in [0.2, 0.25) is 0 Å². The summed E-state index contributed by atoms with van der Waals surface area (Å²) in [6, 6.07) is 7.25. The van der Waals surface area contributed by atoms with E-state index in [-0.39, 0.29) is 19.6 Å². The Labute approximate surface area is 132 Å². The summed E-state index contributed by atoms with van der Waals surface area (Å²) in [5, 5.41) is 10.5. The van der Waals surface area contributed by atoms with Gasteiger partial charge in [0, 0.05) is 11.9 Å². The second kappa shape index (κ2) is 6.07. The van der Waals surface area contributed by atoms with E-state index in [2.05, 4.69) is 15.7 Å². The Hall–Kier alpha value is -2.90. The van der Waals surface area contributed by atoms with Crippen molar-refractivity contribution in [2.45, 2.75) is 20.0 Å². The molecule has 1 saturated heterocycles. The molecule has 120 valence electrons. The molecule has 8 nitrogen and oxygen atoms in total. The van der Waals surface area contributed by atoms with E-state index in [1.165, 1.54) is 0 Å². The Morgan fingerprint density at radius 3 is 2.83 bits per heavy atom. The molecule has 0 aliphatic carbocycles. The lowest BCUT2D eigenvalue weighted by Crippen LogP contribution is -2.40. The van der Waals surface area contributed by atoms with Gasteiger partial charge in [0.2, 0.25) is 5.91 Å². The van der Waals surface area contributed by atoms with E-state index in [1.54, 1.807) is 0 Å². The average molecular weight is 315 g/mol. The molecule has 0 atom stereocenters. The number of benzene rings is 1. The molecule has 1 fully saturated rings. The van der Waals surface area contributed by atoms with Crippen LogP contribution in [0.4, 0.5) is 4.79 Å². The largest absolute Gasteiger partial charge is 0.349 e. The van der Waals surface area contributed by atoms with Crippen molar-refractivity contribution < 1.29 is 14.4 Å². The highest BCUT2D eigenvalue weighted by atomic mass is 16.2. The molecule has 3 rings (SSSR count). The summed E-state index contributed by atoms with van der Waals surface area (Å²) in [5.41, 5.74) is 1.77. The van der Waals surface area contributed by atoms with Crippen LogP contribution in [0.25, 0.3) is 10.9 Å². The monoisotopic (exact) mass is 315 g/mol. The third kappa shape index (κ3) is 2.87. The van der Waals surface area contributed by atoms with Crippen molar-refractivity contribution in [2.24, 2.45) is 0 Å². The number of nitrogens with zero attached hydrogens (tertiary/aromatic N) is 3. The van der Waals surface area contributed by atoms with Gasteiger partial charge >= 0.3 is 6.03 Å². The summed E-state index contributed by atoms with van der Waals surface area (Å²) < 4.78 is 1.87. The van der Waals surface area contributed by atoms with E-state index in [0.717, 1.165) is 28.0 Å². The molecule has 2 aromatic rings. The number of aromatic nitrogens is 2. The summed E-state index contributed by atoms with van der Waals surface area (Å²) >= 11 is 0. The van der Waals surface area contributed by atoms with Gasteiger partial charge in [-0.1, -0.05) is 18.2 Å². The molecular weight excluding hydrogens is 298 g/mol. The van der Waals surface area contributed by atoms with Crippen molar-refractivity contribution >= 4 is 28.7 Å². The minimum absolute atomic E-state index is 0.0579. The fourth-order valence-corrected chi connectivity index (χ4v) is 2.56. The van der Waals surface area contributed by atoms with Gasteiger partial charge in [0.15, 0.2) is 0 Å². The van der Waals surface area contributed by atoms with Gasteiger partial charge in [0.1, 0.15) is 6.54 Å². The zero-order valence-corrected chi connectivity index (χ0v) is 12.7. The number of hydrogen-bond donors (Lipinski definition) is 2. The molecule has 0 unspecified atom stereocenters. The summed E-state index contributed by atoms with van der Waals surface area (Å²) in [6.45, 7) is 2.64. The lowest BCUT2D eigenvalue weighted by molar-refractivity contribution is -0.130. The maximum atomic E-state index is 12.0. The van der Waals surface area contributed by atoms with E-state index in [1.807, 2.05) is 35.9 Å². The molecule has 0 spiro atoms. The van der Waals surface area contributed by atoms with Crippen LogP contribution in [0.15, 0.2) is 24.3 Å². The first-order valence-electron chi connectivity index (χ1n) is 7.39. The molecule has 0 bridgehead atoms. The predicted molar refractivity (Wildman–Crippen MR) is 82.4 cm³/mol. The van der Waals surface area contributed by atoms with E-state index >= 15 is 0 Å². The highest BCUT2D eigenvalue weighted by Gasteiger charge is 2.30. The van der Waals surface area contributed by atoms with Crippen LogP contribution in [0.1, 0.15) is 12.6 Å². The van der Waals surface area contributed by atoms with Crippen molar-refractivity contribution in [3.8, 4) is 0 Å². The van der Waals surface area contributed by atoms with Crippen LogP contribution in [0, 0.1) is 0 Å². The van der Waals surface area contributed by atoms with Crippen LogP contribution >= 0.6 is 0 Å². The molecule has 2 N–H and O–H groups in total. The SMILES string of the molecule is CCn1nc(CNC(=O)CN2C(=O)CNC2=O)c2ccccc21.